The molecule has 1 atom stereocenters. The molecule has 2 saturated heterocycles. The molecule has 1 aromatic rings. The van der Waals surface area contributed by atoms with Gasteiger partial charge in [-0.05, 0) is 19.4 Å². The van der Waals surface area contributed by atoms with E-state index in [0.29, 0.717) is 5.92 Å². The fourth-order valence-corrected chi connectivity index (χ4v) is 2.55. The summed E-state index contributed by atoms with van der Waals surface area (Å²) in [4.78, 5) is 2.36. The van der Waals surface area contributed by atoms with Crippen LogP contribution in [-0.4, -0.2) is 49.6 Å². The Morgan fingerprint density at radius 2 is 2.35 bits per heavy atom. The van der Waals surface area contributed by atoms with E-state index in [1.54, 1.807) is 0 Å². The molecule has 0 aromatic carbocycles. The first-order valence-electron chi connectivity index (χ1n) is 6.52. The molecule has 5 nitrogen and oxygen atoms in total. The molecule has 0 saturated carbocycles. The van der Waals surface area contributed by atoms with Gasteiger partial charge in [0, 0.05) is 43.9 Å². The summed E-state index contributed by atoms with van der Waals surface area (Å²) in [6.45, 7) is 6.03. The zero-order valence-corrected chi connectivity index (χ0v) is 10.1. The summed E-state index contributed by atoms with van der Waals surface area (Å²) in [5.74, 6) is 1.61. The summed E-state index contributed by atoms with van der Waals surface area (Å²) in [6, 6.07) is 2.20. The van der Waals surface area contributed by atoms with Gasteiger partial charge in [0.1, 0.15) is 0 Å². The standard InChI is InChI=1S/C12H20N4O/c1-3-13-4-6-16(5-1)12-8-11(14-15-12)10-2-7-17-9-10/h8,10,13H,1-7,9H2,(H,14,15). The van der Waals surface area contributed by atoms with Crippen LogP contribution in [0.15, 0.2) is 6.07 Å². The predicted molar refractivity (Wildman–Crippen MR) is 66.5 cm³/mol. The maximum atomic E-state index is 5.41. The van der Waals surface area contributed by atoms with Crippen molar-refractivity contribution in [2.75, 3.05) is 44.3 Å². The molecular formula is C12H20N4O. The molecule has 1 aromatic heterocycles. The molecule has 94 valence electrons. The summed E-state index contributed by atoms with van der Waals surface area (Å²) in [6.07, 6.45) is 2.30. The van der Waals surface area contributed by atoms with Gasteiger partial charge >= 0.3 is 0 Å². The Morgan fingerprint density at radius 1 is 1.35 bits per heavy atom. The Labute approximate surface area is 102 Å². The van der Waals surface area contributed by atoms with Crippen LogP contribution in [0.3, 0.4) is 0 Å². The molecular weight excluding hydrogens is 216 g/mol. The van der Waals surface area contributed by atoms with Gasteiger partial charge < -0.3 is 15.0 Å². The maximum Gasteiger partial charge on any atom is 0.150 e. The third-order valence-electron chi connectivity index (χ3n) is 3.62. The molecule has 17 heavy (non-hydrogen) atoms. The first-order chi connectivity index (χ1) is 8.43. The minimum atomic E-state index is 0.515. The van der Waals surface area contributed by atoms with Crippen molar-refractivity contribution in [2.45, 2.75) is 18.8 Å². The first-order valence-corrected chi connectivity index (χ1v) is 6.52. The Balaban J connectivity index is 1.70. The molecule has 2 aliphatic heterocycles. The number of nitrogens with one attached hydrogen (secondary N) is 2. The highest BCUT2D eigenvalue weighted by Crippen LogP contribution is 2.26. The Kier molecular flexibility index (Phi) is 3.29. The summed E-state index contributed by atoms with van der Waals surface area (Å²) in [5.41, 5.74) is 1.23. The molecule has 2 N–H and O–H groups in total. The van der Waals surface area contributed by atoms with Gasteiger partial charge in [-0.2, -0.15) is 5.10 Å². The lowest BCUT2D eigenvalue weighted by Crippen LogP contribution is -2.28. The van der Waals surface area contributed by atoms with Crippen molar-refractivity contribution in [3.63, 3.8) is 0 Å². The highest BCUT2D eigenvalue weighted by atomic mass is 16.5. The van der Waals surface area contributed by atoms with Gasteiger partial charge in [-0.1, -0.05) is 0 Å². The third kappa shape index (κ3) is 2.45. The highest BCUT2D eigenvalue weighted by Gasteiger charge is 2.21. The summed E-state index contributed by atoms with van der Waals surface area (Å²) in [5, 5.41) is 11.0. The number of aromatic nitrogens is 2. The second-order valence-corrected chi connectivity index (χ2v) is 4.83. The number of nitrogens with zero attached hydrogens (tertiary/aromatic N) is 2. The Morgan fingerprint density at radius 3 is 3.24 bits per heavy atom. The van der Waals surface area contributed by atoms with Crippen LogP contribution in [-0.2, 0) is 4.74 Å². The van der Waals surface area contributed by atoms with Crippen molar-refractivity contribution in [1.29, 1.82) is 0 Å². The average molecular weight is 236 g/mol. The number of anilines is 1. The molecule has 0 radical (unpaired) electrons. The van der Waals surface area contributed by atoms with E-state index in [9.17, 15) is 0 Å². The van der Waals surface area contributed by atoms with Crippen LogP contribution in [0.4, 0.5) is 5.82 Å². The fourth-order valence-electron chi connectivity index (χ4n) is 2.55. The third-order valence-corrected chi connectivity index (χ3v) is 3.62. The van der Waals surface area contributed by atoms with Crippen molar-refractivity contribution in [3.05, 3.63) is 11.8 Å². The molecule has 2 aliphatic rings. The van der Waals surface area contributed by atoms with Gasteiger partial charge in [0.25, 0.3) is 0 Å². The highest BCUT2D eigenvalue weighted by molar-refractivity contribution is 5.40. The first kappa shape index (κ1) is 11.0. The number of H-pyrrole nitrogens is 1. The number of aromatic amines is 1. The Bertz CT molecular complexity index is 351. The molecule has 3 rings (SSSR count). The number of rotatable bonds is 2. The lowest BCUT2D eigenvalue weighted by Gasteiger charge is -2.18. The van der Waals surface area contributed by atoms with Crippen LogP contribution >= 0.6 is 0 Å². The van der Waals surface area contributed by atoms with Crippen LogP contribution in [0.1, 0.15) is 24.5 Å². The smallest absolute Gasteiger partial charge is 0.150 e. The van der Waals surface area contributed by atoms with Crippen molar-refractivity contribution in [3.8, 4) is 0 Å². The molecule has 3 heterocycles. The minimum Gasteiger partial charge on any atom is -0.381 e. The van der Waals surface area contributed by atoms with Crippen molar-refractivity contribution in [1.82, 2.24) is 15.5 Å². The second-order valence-electron chi connectivity index (χ2n) is 4.83. The van der Waals surface area contributed by atoms with Crippen molar-refractivity contribution >= 4 is 5.82 Å². The van der Waals surface area contributed by atoms with Gasteiger partial charge in [-0.15, -0.1) is 0 Å². The normalized spacial score (nSPS) is 26.1. The average Bonchev–Trinajstić information content (AvgIpc) is 2.95. The monoisotopic (exact) mass is 236 g/mol. The zero-order chi connectivity index (χ0) is 11.5. The van der Waals surface area contributed by atoms with E-state index in [1.165, 1.54) is 12.1 Å². The van der Waals surface area contributed by atoms with E-state index in [1.807, 2.05) is 0 Å². The molecule has 0 aliphatic carbocycles. The van der Waals surface area contributed by atoms with Crippen LogP contribution in [0.5, 0.6) is 0 Å². The lowest BCUT2D eigenvalue weighted by molar-refractivity contribution is 0.193. The van der Waals surface area contributed by atoms with Crippen LogP contribution in [0, 0.1) is 0 Å². The van der Waals surface area contributed by atoms with Crippen LogP contribution < -0.4 is 10.2 Å². The van der Waals surface area contributed by atoms with E-state index < -0.39 is 0 Å². The molecule has 0 amide bonds. The maximum absolute atomic E-state index is 5.41. The van der Waals surface area contributed by atoms with Crippen LogP contribution in [0.25, 0.3) is 0 Å². The van der Waals surface area contributed by atoms with Gasteiger partial charge in [0.2, 0.25) is 0 Å². The summed E-state index contributed by atoms with van der Waals surface area (Å²) in [7, 11) is 0. The van der Waals surface area contributed by atoms with Crippen molar-refractivity contribution < 1.29 is 4.74 Å². The van der Waals surface area contributed by atoms with Gasteiger partial charge in [0.15, 0.2) is 5.82 Å². The molecule has 0 spiro atoms. The summed E-state index contributed by atoms with van der Waals surface area (Å²) >= 11 is 0. The summed E-state index contributed by atoms with van der Waals surface area (Å²) < 4.78 is 5.41. The van der Waals surface area contributed by atoms with E-state index in [2.05, 4.69) is 26.5 Å². The van der Waals surface area contributed by atoms with Gasteiger partial charge in [0.05, 0.1) is 6.61 Å². The van der Waals surface area contributed by atoms with E-state index in [-0.39, 0.29) is 0 Å². The topological polar surface area (TPSA) is 53.2 Å². The van der Waals surface area contributed by atoms with Crippen molar-refractivity contribution in [2.24, 2.45) is 0 Å². The lowest BCUT2D eigenvalue weighted by atomic mass is 10.1. The second kappa shape index (κ2) is 5.06. The molecule has 2 fully saturated rings. The van der Waals surface area contributed by atoms with E-state index in [0.717, 1.165) is 51.6 Å². The van der Waals surface area contributed by atoms with E-state index >= 15 is 0 Å². The molecule has 1 unspecified atom stereocenters. The Hall–Kier alpha value is -1.07. The van der Waals surface area contributed by atoms with Gasteiger partial charge in [-0.25, -0.2) is 0 Å². The number of ether oxygens (including phenoxy) is 1. The number of hydrogen-bond donors (Lipinski definition) is 2. The van der Waals surface area contributed by atoms with Gasteiger partial charge in [-0.3, -0.25) is 5.10 Å². The fraction of sp³-hybridized carbons (Fsp3) is 0.750. The quantitative estimate of drug-likeness (QED) is 0.794. The largest absolute Gasteiger partial charge is 0.381 e. The SMILES string of the molecule is c1c(N2CCCNCC2)n[nH]c1C1CCOC1. The zero-order valence-electron chi connectivity index (χ0n) is 10.1. The minimum absolute atomic E-state index is 0.515. The molecule has 5 heteroatoms. The number of hydrogen-bond acceptors (Lipinski definition) is 4. The van der Waals surface area contributed by atoms with E-state index in [4.69, 9.17) is 4.74 Å². The molecule has 0 bridgehead atoms. The van der Waals surface area contributed by atoms with Crippen LogP contribution in [0.2, 0.25) is 0 Å². The predicted octanol–water partition coefficient (Wildman–Crippen LogP) is 0.713.